The molecule has 0 atom stereocenters. The van der Waals surface area contributed by atoms with Crippen molar-refractivity contribution in [2.24, 2.45) is 0 Å². The van der Waals surface area contributed by atoms with Crippen molar-refractivity contribution in [1.82, 2.24) is 10.2 Å². The van der Waals surface area contributed by atoms with Crippen molar-refractivity contribution in [3.8, 4) is 0 Å². The molecule has 0 spiro atoms. The highest BCUT2D eigenvalue weighted by Crippen LogP contribution is 2.20. The number of nitrogen functional groups attached to an aromatic ring is 1. The second-order valence-corrected chi connectivity index (χ2v) is 4.98. The molecule has 2 aromatic rings. The molecule has 17 heavy (non-hydrogen) atoms. The number of aryl methyl sites for hydroxylation is 1. The first-order valence-electron chi connectivity index (χ1n) is 5.58. The summed E-state index contributed by atoms with van der Waals surface area (Å²) in [7, 11) is 0. The SMILES string of the molecule is CCN(Cc1nnc(N)s1)c1ccc(C)cc1. The van der Waals surface area contributed by atoms with Gasteiger partial charge in [-0.25, -0.2) is 0 Å². The summed E-state index contributed by atoms with van der Waals surface area (Å²) in [4.78, 5) is 2.25. The minimum atomic E-state index is 0.528. The lowest BCUT2D eigenvalue weighted by Gasteiger charge is -2.21. The van der Waals surface area contributed by atoms with Crippen molar-refractivity contribution >= 4 is 22.2 Å². The van der Waals surface area contributed by atoms with E-state index >= 15 is 0 Å². The summed E-state index contributed by atoms with van der Waals surface area (Å²) in [6.45, 7) is 5.91. The van der Waals surface area contributed by atoms with Gasteiger partial charge in [0, 0.05) is 12.2 Å². The molecule has 90 valence electrons. The molecule has 1 aromatic carbocycles. The van der Waals surface area contributed by atoms with Crippen LogP contribution in [-0.2, 0) is 6.54 Å². The van der Waals surface area contributed by atoms with Crippen LogP contribution in [0.4, 0.5) is 10.8 Å². The Morgan fingerprint density at radius 2 is 1.94 bits per heavy atom. The lowest BCUT2D eigenvalue weighted by Crippen LogP contribution is -2.21. The molecule has 2 rings (SSSR count). The number of anilines is 2. The summed E-state index contributed by atoms with van der Waals surface area (Å²) in [5.41, 5.74) is 8.05. The molecule has 0 saturated heterocycles. The Labute approximate surface area is 105 Å². The van der Waals surface area contributed by atoms with Crippen molar-refractivity contribution in [2.75, 3.05) is 17.2 Å². The molecule has 0 aliphatic carbocycles. The van der Waals surface area contributed by atoms with Crippen LogP contribution in [0.1, 0.15) is 17.5 Å². The molecule has 0 saturated carbocycles. The highest BCUT2D eigenvalue weighted by Gasteiger charge is 2.08. The highest BCUT2D eigenvalue weighted by atomic mass is 32.1. The molecular weight excluding hydrogens is 232 g/mol. The average molecular weight is 248 g/mol. The molecule has 5 heteroatoms. The second-order valence-electron chi connectivity index (χ2n) is 3.88. The van der Waals surface area contributed by atoms with Crippen LogP contribution in [0, 0.1) is 6.92 Å². The Hall–Kier alpha value is -1.62. The van der Waals surface area contributed by atoms with Crippen molar-refractivity contribution in [3.63, 3.8) is 0 Å². The van der Waals surface area contributed by atoms with Gasteiger partial charge in [-0.3, -0.25) is 0 Å². The second kappa shape index (κ2) is 5.14. The number of hydrogen-bond donors (Lipinski definition) is 1. The fourth-order valence-electron chi connectivity index (χ4n) is 1.63. The number of benzene rings is 1. The van der Waals surface area contributed by atoms with Gasteiger partial charge in [0.25, 0.3) is 0 Å². The van der Waals surface area contributed by atoms with Crippen LogP contribution in [-0.4, -0.2) is 16.7 Å². The zero-order valence-electron chi connectivity index (χ0n) is 10.1. The third kappa shape index (κ3) is 2.94. The molecule has 1 aromatic heterocycles. The van der Waals surface area contributed by atoms with Gasteiger partial charge in [-0.15, -0.1) is 10.2 Å². The summed E-state index contributed by atoms with van der Waals surface area (Å²) in [5.74, 6) is 0. The van der Waals surface area contributed by atoms with E-state index in [9.17, 15) is 0 Å². The molecule has 0 aliphatic heterocycles. The van der Waals surface area contributed by atoms with E-state index in [-0.39, 0.29) is 0 Å². The number of rotatable bonds is 4. The summed E-state index contributed by atoms with van der Waals surface area (Å²) in [6.07, 6.45) is 0. The summed E-state index contributed by atoms with van der Waals surface area (Å²) < 4.78 is 0. The van der Waals surface area contributed by atoms with E-state index in [1.807, 2.05) is 0 Å². The minimum Gasteiger partial charge on any atom is -0.374 e. The Kier molecular flexibility index (Phi) is 3.58. The maximum atomic E-state index is 5.58. The van der Waals surface area contributed by atoms with E-state index in [0.717, 1.165) is 18.1 Å². The van der Waals surface area contributed by atoms with E-state index < -0.39 is 0 Å². The van der Waals surface area contributed by atoms with Gasteiger partial charge in [0.15, 0.2) is 0 Å². The number of nitrogens with zero attached hydrogens (tertiary/aromatic N) is 3. The molecule has 0 aliphatic rings. The van der Waals surface area contributed by atoms with Crippen LogP contribution in [0.15, 0.2) is 24.3 Å². The minimum absolute atomic E-state index is 0.528. The molecule has 1 heterocycles. The zero-order valence-corrected chi connectivity index (χ0v) is 10.9. The largest absolute Gasteiger partial charge is 0.374 e. The number of nitrogens with two attached hydrogens (primary N) is 1. The molecule has 0 fully saturated rings. The third-order valence-corrected chi connectivity index (χ3v) is 3.33. The molecule has 0 unspecified atom stereocenters. The van der Waals surface area contributed by atoms with E-state index in [0.29, 0.717) is 5.13 Å². The Morgan fingerprint density at radius 1 is 1.24 bits per heavy atom. The van der Waals surface area contributed by atoms with Crippen molar-refractivity contribution < 1.29 is 0 Å². The lowest BCUT2D eigenvalue weighted by molar-refractivity contribution is 0.812. The smallest absolute Gasteiger partial charge is 0.203 e. The van der Waals surface area contributed by atoms with Crippen LogP contribution in [0.25, 0.3) is 0 Å². The summed E-state index contributed by atoms with van der Waals surface area (Å²) in [5, 5.41) is 9.36. The maximum Gasteiger partial charge on any atom is 0.203 e. The number of aromatic nitrogens is 2. The first kappa shape index (κ1) is 11.9. The van der Waals surface area contributed by atoms with Crippen LogP contribution < -0.4 is 10.6 Å². The van der Waals surface area contributed by atoms with Gasteiger partial charge in [0.05, 0.1) is 6.54 Å². The average Bonchev–Trinajstić information content (AvgIpc) is 2.73. The predicted octanol–water partition coefficient (Wildman–Crippen LogP) is 2.46. The van der Waals surface area contributed by atoms with Gasteiger partial charge >= 0.3 is 0 Å². The topological polar surface area (TPSA) is 55.0 Å². The summed E-state index contributed by atoms with van der Waals surface area (Å²) >= 11 is 1.44. The van der Waals surface area contributed by atoms with Crippen LogP contribution in [0.2, 0.25) is 0 Å². The van der Waals surface area contributed by atoms with Crippen molar-refractivity contribution in [3.05, 3.63) is 34.8 Å². The van der Waals surface area contributed by atoms with Gasteiger partial charge in [-0.1, -0.05) is 29.0 Å². The normalized spacial score (nSPS) is 10.5. The molecular formula is C12H16N4S. The van der Waals surface area contributed by atoms with Crippen molar-refractivity contribution in [1.29, 1.82) is 0 Å². The van der Waals surface area contributed by atoms with Crippen LogP contribution in [0.3, 0.4) is 0 Å². The van der Waals surface area contributed by atoms with Crippen LogP contribution in [0.5, 0.6) is 0 Å². The van der Waals surface area contributed by atoms with E-state index in [4.69, 9.17) is 5.73 Å². The van der Waals surface area contributed by atoms with Gasteiger partial charge in [0.2, 0.25) is 5.13 Å². The van der Waals surface area contributed by atoms with E-state index in [2.05, 4.69) is 53.2 Å². The first-order valence-corrected chi connectivity index (χ1v) is 6.40. The monoisotopic (exact) mass is 248 g/mol. The van der Waals surface area contributed by atoms with Crippen molar-refractivity contribution in [2.45, 2.75) is 20.4 Å². The van der Waals surface area contributed by atoms with Gasteiger partial charge < -0.3 is 10.6 Å². The van der Waals surface area contributed by atoms with E-state index in [1.165, 1.54) is 22.6 Å². The summed E-state index contributed by atoms with van der Waals surface area (Å²) in [6, 6.07) is 8.49. The fourth-order valence-corrected chi connectivity index (χ4v) is 2.26. The molecule has 0 amide bonds. The Bertz CT molecular complexity index is 478. The molecule has 4 nitrogen and oxygen atoms in total. The van der Waals surface area contributed by atoms with Gasteiger partial charge in [0.1, 0.15) is 5.01 Å². The van der Waals surface area contributed by atoms with Gasteiger partial charge in [-0.2, -0.15) is 0 Å². The molecule has 0 bridgehead atoms. The predicted molar refractivity (Wildman–Crippen MR) is 72.2 cm³/mol. The van der Waals surface area contributed by atoms with Gasteiger partial charge in [-0.05, 0) is 26.0 Å². The third-order valence-electron chi connectivity index (χ3n) is 2.59. The zero-order chi connectivity index (χ0) is 12.3. The Balaban J connectivity index is 2.13. The highest BCUT2D eigenvalue weighted by molar-refractivity contribution is 7.15. The Morgan fingerprint density at radius 3 is 2.47 bits per heavy atom. The molecule has 2 N–H and O–H groups in total. The fraction of sp³-hybridized carbons (Fsp3) is 0.333. The standard InChI is InChI=1S/C12H16N4S/c1-3-16(8-11-14-15-12(13)17-11)10-6-4-9(2)5-7-10/h4-7H,3,8H2,1-2H3,(H2,13,15). The quantitative estimate of drug-likeness (QED) is 0.903. The first-order chi connectivity index (χ1) is 8.19. The van der Waals surface area contributed by atoms with Crippen LogP contribution >= 0.6 is 11.3 Å². The lowest BCUT2D eigenvalue weighted by atomic mass is 10.2. The van der Waals surface area contributed by atoms with E-state index in [1.54, 1.807) is 0 Å². The maximum absolute atomic E-state index is 5.58. The molecule has 0 radical (unpaired) electrons. The number of hydrogen-bond acceptors (Lipinski definition) is 5.